The molecule has 3 unspecified atom stereocenters. The van der Waals surface area contributed by atoms with Gasteiger partial charge in [-0.05, 0) is 44.4 Å². The second-order valence-electron chi connectivity index (χ2n) is 5.37. The van der Waals surface area contributed by atoms with Crippen molar-refractivity contribution < 1.29 is 9.53 Å². The predicted molar refractivity (Wildman–Crippen MR) is 82.5 cm³/mol. The van der Waals surface area contributed by atoms with E-state index in [4.69, 9.17) is 10.5 Å². The molecule has 1 saturated heterocycles. The molecule has 0 spiro atoms. The summed E-state index contributed by atoms with van der Waals surface area (Å²) in [6.45, 7) is 4.32. The molecule has 1 aliphatic heterocycles. The molecule has 2 rings (SSSR count). The van der Waals surface area contributed by atoms with E-state index in [0.717, 1.165) is 24.0 Å². The van der Waals surface area contributed by atoms with Crippen LogP contribution in [0.3, 0.4) is 0 Å². The van der Waals surface area contributed by atoms with Gasteiger partial charge in [-0.3, -0.25) is 4.79 Å². The maximum Gasteiger partial charge on any atom is 0.249 e. The van der Waals surface area contributed by atoms with Gasteiger partial charge < -0.3 is 15.8 Å². The molecule has 112 valence electrons. The normalized spacial score (nSPS) is 22.2. The molecule has 0 aliphatic carbocycles. The van der Waals surface area contributed by atoms with E-state index in [2.05, 4.69) is 17.2 Å². The van der Waals surface area contributed by atoms with Crippen LogP contribution in [0.4, 0.5) is 0 Å². The number of ether oxygens (including phenoxy) is 1. The number of nitrogens with one attached hydrogen (secondary N) is 1. The van der Waals surface area contributed by atoms with E-state index < -0.39 is 0 Å². The van der Waals surface area contributed by atoms with Gasteiger partial charge in [-0.2, -0.15) is 0 Å². The summed E-state index contributed by atoms with van der Waals surface area (Å²) in [6.07, 6.45) is 1.61. The molecular weight excluding hydrogens is 264 g/mol. The third-order valence-corrected chi connectivity index (χ3v) is 3.63. The van der Waals surface area contributed by atoms with Crippen molar-refractivity contribution in [2.45, 2.75) is 44.9 Å². The molecule has 1 aromatic carbocycles. The van der Waals surface area contributed by atoms with Crippen molar-refractivity contribution in [3.8, 4) is 11.8 Å². The average molecular weight is 286 g/mol. The van der Waals surface area contributed by atoms with E-state index in [9.17, 15) is 4.79 Å². The predicted octanol–water partition coefficient (Wildman–Crippen LogP) is 1.74. The van der Waals surface area contributed by atoms with Gasteiger partial charge in [-0.1, -0.05) is 24.0 Å². The van der Waals surface area contributed by atoms with Crippen LogP contribution in [0.5, 0.6) is 0 Å². The Morgan fingerprint density at radius 3 is 2.71 bits per heavy atom. The third kappa shape index (κ3) is 4.32. The molecule has 0 saturated carbocycles. The van der Waals surface area contributed by atoms with Crippen LogP contribution in [0.25, 0.3) is 0 Å². The lowest BCUT2D eigenvalue weighted by molar-refractivity contribution is -0.132. The highest BCUT2D eigenvalue weighted by molar-refractivity contribution is 5.81. The molecule has 4 nitrogen and oxygen atoms in total. The van der Waals surface area contributed by atoms with Crippen LogP contribution >= 0.6 is 0 Å². The summed E-state index contributed by atoms with van der Waals surface area (Å²) in [5, 5.41) is 3.00. The van der Waals surface area contributed by atoms with E-state index in [1.165, 1.54) is 0 Å². The van der Waals surface area contributed by atoms with Crippen LogP contribution in [0, 0.1) is 11.8 Å². The lowest BCUT2D eigenvalue weighted by Crippen LogP contribution is -2.36. The minimum absolute atomic E-state index is 0.0288. The van der Waals surface area contributed by atoms with Gasteiger partial charge in [-0.25, -0.2) is 0 Å². The third-order valence-electron chi connectivity index (χ3n) is 3.63. The summed E-state index contributed by atoms with van der Waals surface area (Å²) in [5.41, 5.74) is 7.32. The number of amides is 1. The van der Waals surface area contributed by atoms with Crippen LogP contribution in [0.15, 0.2) is 24.3 Å². The molecule has 1 aromatic rings. The van der Waals surface area contributed by atoms with Crippen molar-refractivity contribution in [3.63, 3.8) is 0 Å². The Kier molecular flexibility index (Phi) is 5.38. The molecule has 1 heterocycles. The first kappa shape index (κ1) is 15.6. The van der Waals surface area contributed by atoms with E-state index >= 15 is 0 Å². The molecule has 0 radical (unpaired) electrons. The largest absolute Gasteiger partial charge is 0.365 e. The molecule has 1 amide bonds. The highest BCUT2D eigenvalue weighted by atomic mass is 16.5. The SMILES string of the molecule is CC1CCC(C(=O)NC(C)c2ccc(C#CCN)cc2)O1. The molecule has 1 aliphatic rings. The van der Waals surface area contributed by atoms with Gasteiger partial charge in [0.2, 0.25) is 5.91 Å². The maximum atomic E-state index is 12.1. The lowest BCUT2D eigenvalue weighted by Gasteiger charge is -2.17. The van der Waals surface area contributed by atoms with Gasteiger partial charge in [0.25, 0.3) is 0 Å². The number of benzene rings is 1. The van der Waals surface area contributed by atoms with Crippen molar-refractivity contribution in [1.29, 1.82) is 0 Å². The van der Waals surface area contributed by atoms with Crippen molar-refractivity contribution in [3.05, 3.63) is 35.4 Å². The van der Waals surface area contributed by atoms with Gasteiger partial charge in [0.05, 0.1) is 18.7 Å². The van der Waals surface area contributed by atoms with E-state index in [1.54, 1.807) is 0 Å². The Hall–Kier alpha value is -1.83. The van der Waals surface area contributed by atoms with Gasteiger partial charge in [-0.15, -0.1) is 0 Å². The summed E-state index contributed by atoms with van der Waals surface area (Å²) in [4.78, 5) is 12.1. The molecule has 0 bridgehead atoms. The summed E-state index contributed by atoms with van der Waals surface area (Å²) >= 11 is 0. The van der Waals surface area contributed by atoms with Crippen LogP contribution in [0.2, 0.25) is 0 Å². The van der Waals surface area contributed by atoms with Gasteiger partial charge in [0, 0.05) is 5.56 Å². The molecule has 3 N–H and O–H groups in total. The smallest absolute Gasteiger partial charge is 0.249 e. The van der Waals surface area contributed by atoms with Crippen LogP contribution < -0.4 is 11.1 Å². The summed E-state index contributed by atoms with van der Waals surface area (Å²) in [6, 6.07) is 7.78. The number of rotatable bonds is 3. The topological polar surface area (TPSA) is 64.4 Å². The van der Waals surface area contributed by atoms with Crippen molar-refractivity contribution >= 4 is 5.91 Å². The van der Waals surface area contributed by atoms with E-state index in [1.807, 2.05) is 38.1 Å². The molecule has 1 fully saturated rings. The number of hydrogen-bond acceptors (Lipinski definition) is 3. The maximum absolute atomic E-state index is 12.1. The van der Waals surface area contributed by atoms with Crippen molar-refractivity contribution in [1.82, 2.24) is 5.32 Å². The highest BCUT2D eigenvalue weighted by Crippen LogP contribution is 2.20. The number of carbonyl (C=O) groups excluding carboxylic acids is 1. The first-order valence-electron chi connectivity index (χ1n) is 7.35. The van der Waals surface area contributed by atoms with Crippen molar-refractivity contribution in [2.24, 2.45) is 5.73 Å². The Morgan fingerprint density at radius 1 is 1.43 bits per heavy atom. The van der Waals surface area contributed by atoms with Crippen LogP contribution in [-0.4, -0.2) is 24.7 Å². The van der Waals surface area contributed by atoms with E-state index in [-0.39, 0.29) is 24.2 Å². The van der Waals surface area contributed by atoms with Crippen LogP contribution in [-0.2, 0) is 9.53 Å². The minimum atomic E-state index is -0.308. The standard InChI is InChI=1S/C17H22N2O2/c1-12-5-10-16(21-12)17(20)19-13(2)15-8-6-14(7-9-15)4-3-11-18/h6-9,12-13,16H,5,10-11,18H2,1-2H3,(H,19,20). The van der Waals surface area contributed by atoms with Gasteiger partial charge in [0.15, 0.2) is 0 Å². The fourth-order valence-electron chi connectivity index (χ4n) is 2.39. The lowest BCUT2D eigenvalue weighted by atomic mass is 10.1. The quantitative estimate of drug-likeness (QED) is 0.832. The zero-order valence-electron chi connectivity index (χ0n) is 12.6. The zero-order chi connectivity index (χ0) is 15.2. The Labute approximate surface area is 126 Å². The molecule has 0 aromatic heterocycles. The van der Waals surface area contributed by atoms with Crippen molar-refractivity contribution in [2.75, 3.05) is 6.54 Å². The average Bonchev–Trinajstić information content (AvgIpc) is 2.92. The molecular formula is C17H22N2O2. The minimum Gasteiger partial charge on any atom is -0.365 e. The first-order valence-corrected chi connectivity index (χ1v) is 7.35. The fraction of sp³-hybridized carbons (Fsp3) is 0.471. The summed E-state index contributed by atoms with van der Waals surface area (Å²) in [5.74, 6) is 5.77. The molecule has 4 heteroatoms. The Bertz CT molecular complexity index is 542. The molecule has 3 atom stereocenters. The second kappa shape index (κ2) is 7.26. The summed E-state index contributed by atoms with van der Waals surface area (Å²) in [7, 11) is 0. The fourth-order valence-corrected chi connectivity index (χ4v) is 2.39. The van der Waals surface area contributed by atoms with Gasteiger partial charge in [0.1, 0.15) is 6.10 Å². The Morgan fingerprint density at radius 2 is 2.14 bits per heavy atom. The zero-order valence-corrected chi connectivity index (χ0v) is 12.6. The highest BCUT2D eigenvalue weighted by Gasteiger charge is 2.28. The number of nitrogens with two attached hydrogens (primary N) is 1. The molecule has 21 heavy (non-hydrogen) atoms. The second-order valence-corrected chi connectivity index (χ2v) is 5.37. The summed E-state index contributed by atoms with van der Waals surface area (Å²) < 4.78 is 5.58. The first-order chi connectivity index (χ1) is 10.1. The monoisotopic (exact) mass is 286 g/mol. The number of hydrogen-bond donors (Lipinski definition) is 2. The van der Waals surface area contributed by atoms with Crippen LogP contribution in [0.1, 0.15) is 43.9 Å². The van der Waals surface area contributed by atoms with Gasteiger partial charge >= 0.3 is 0 Å². The van der Waals surface area contributed by atoms with E-state index in [0.29, 0.717) is 6.54 Å². The number of carbonyl (C=O) groups is 1. The Balaban J connectivity index is 1.93.